The molecule has 0 saturated carbocycles. The summed E-state index contributed by atoms with van der Waals surface area (Å²) in [6.07, 6.45) is 2.76. The van der Waals surface area contributed by atoms with Crippen LogP contribution < -0.4 is 5.32 Å². The molecule has 0 bridgehead atoms. The molecule has 0 unspecified atom stereocenters. The van der Waals surface area contributed by atoms with Crippen molar-refractivity contribution >= 4 is 39.0 Å². The normalized spacial score (nSPS) is 11.0. The van der Waals surface area contributed by atoms with Gasteiger partial charge in [-0.1, -0.05) is 31.2 Å². The highest BCUT2D eigenvalue weighted by Crippen LogP contribution is 2.42. The van der Waals surface area contributed by atoms with Crippen molar-refractivity contribution in [3.8, 4) is 11.1 Å². The number of benzene rings is 1. The van der Waals surface area contributed by atoms with Crippen molar-refractivity contribution in [3.05, 3.63) is 52.1 Å². The Kier molecular flexibility index (Phi) is 4.88. The third-order valence-corrected chi connectivity index (χ3v) is 5.52. The second-order valence-corrected chi connectivity index (χ2v) is 7.17. The van der Waals surface area contributed by atoms with Gasteiger partial charge in [-0.25, -0.2) is 9.97 Å². The molecular weight excluding hydrogens is 338 g/mol. The van der Waals surface area contributed by atoms with E-state index >= 15 is 0 Å². The van der Waals surface area contributed by atoms with Crippen molar-refractivity contribution in [2.45, 2.75) is 27.2 Å². The maximum absolute atomic E-state index is 6.12. The van der Waals surface area contributed by atoms with Gasteiger partial charge < -0.3 is 5.32 Å². The lowest BCUT2D eigenvalue weighted by atomic mass is 9.98. The van der Waals surface area contributed by atoms with Crippen molar-refractivity contribution < 1.29 is 0 Å². The van der Waals surface area contributed by atoms with Crippen LogP contribution >= 0.6 is 22.9 Å². The van der Waals surface area contributed by atoms with E-state index in [1.807, 2.05) is 6.08 Å². The summed E-state index contributed by atoms with van der Waals surface area (Å²) < 4.78 is 0. The van der Waals surface area contributed by atoms with Crippen LogP contribution in [0.1, 0.15) is 22.9 Å². The second kappa shape index (κ2) is 6.91. The van der Waals surface area contributed by atoms with E-state index < -0.39 is 0 Å². The minimum atomic E-state index is 0.268. The van der Waals surface area contributed by atoms with Gasteiger partial charge in [-0.2, -0.15) is 0 Å². The molecule has 3 rings (SSSR count). The van der Waals surface area contributed by atoms with E-state index in [0.717, 1.165) is 22.5 Å². The number of halogens is 1. The minimum Gasteiger partial charge on any atom is -0.366 e. The first-order valence-corrected chi connectivity index (χ1v) is 9.15. The van der Waals surface area contributed by atoms with Crippen LogP contribution in [0.5, 0.6) is 0 Å². The topological polar surface area (TPSA) is 37.8 Å². The van der Waals surface area contributed by atoms with Crippen molar-refractivity contribution in [2.75, 3.05) is 11.9 Å². The molecule has 0 fully saturated rings. The van der Waals surface area contributed by atoms with Gasteiger partial charge in [0, 0.05) is 17.0 Å². The SMILES string of the molecule is C=CCNc1nc(Cl)nc2sc(CC)c(-c3ccc(C)c(C)c3)c12. The van der Waals surface area contributed by atoms with Crippen molar-refractivity contribution in [2.24, 2.45) is 0 Å². The molecule has 0 amide bonds. The van der Waals surface area contributed by atoms with Crippen LogP contribution in [0, 0.1) is 13.8 Å². The Morgan fingerprint density at radius 2 is 2.04 bits per heavy atom. The average Bonchev–Trinajstić information content (AvgIpc) is 2.93. The highest BCUT2D eigenvalue weighted by molar-refractivity contribution is 7.19. The number of anilines is 1. The maximum atomic E-state index is 6.12. The highest BCUT2D eigenvalue weighted by Gasteiger charge is 2.19. The highest BCUT2D eigenvalue weighted by atomic mass is 35.5. The molecule has 3 nitrogen and oxygen atoms in total. The molecule has 24 heavy (non-hydrogen) atoms. The van der Waals surface area contributed by atoms with E-state index in [4.69, 9.17) is 11.6 Å². The number of nitrogens with one attached hydrogen (secondary N) is 1. The summed E-state index contributed by atoms with van der Waals surface area (Å²) in [6.45, 7) is 10.8. The third kappa shape index (κ3) is 3.04. The molecule has 0 aliphatic carbocycles. The van der Waals surface area contributed by atoms with E-state index in [9.17, 15) is 0 Å². The summed E-state index contributed by atoms with van der Waals surface area (Å²) in [5.41, 5.74) is 4.99. The average molecular weight is 358 g/mol. The van der Waals surface area contributed by atoms with E-state index in [1.165, 1.54) is 27.1 Å². The molecule has 2 heterocycles. The third-order valence-electron chi connectivity index (χ3n) is 4.13. The summed E-state index contributed by atoms with van der Waals surface area (Å²) in [5, 5.41) is 4.62. The summed E-state index contributed by atoms with van der Waals surface area (Å²) in [7, 11) is 0. The zero-order chi connectivity index (χ0) is 17.3. The molecule has 124 valence electrons. The number of hydrogen-bond acceptors (Lipinski definition) is 4. The van der Waals surface area contributed by atoms with Crippen LogP contribution in [0.3, 0.4) is 0 Å². The predicted octanol–water partition coefficient (Wildman–Crippen LogP) is 5.79. The summed E-state index contributed by atoms with van der Waals surface area (Å²) >= 11 is 7.81. The van der Waals surface area contributed by atoms with Gasteiger partial charge in [-0.15, -0.1) is 17.9 Å². The lowest BCUT2D eigenvalue weighted by Crippen LogP contribution is -2.02. The van der Waals surface area contributed by atoms with Crippen molar-refractivity contribution in [1.82, 2.24) is 9.97 Å². The Morgan fingerprint density at radius 3 is 2.71 bits per heavy atom. The Bertz CT molecular complexity index is 915. The molecule has 0 atom stereocenters. The Hall–Kier alpha value is -1.91. The summed E-state index contributed by atoms with van der Waals surface area (Å²) in [5.74, 6) is 0.772. The minimum absolute atomic E-state index is 0.268. The lowest BCUT2D eigenvalue weighted by molar-refractivity contribution is 1.18. The van der Waals surface area contributed by atoms with Gasteiger partial charge in [0.2, 0.25) is 5.28 Å². The van der Waals surface area contributed by atoms with Crippen molar-refractivity contribution in [1.29, 1.82) is 0 Å². The molecule has 0 spiro atoms. The van der Waals surface area contributed by atoms with Gasteiger partial charge in [-0.05, 0) is 48.6 Å². The second-order valence-electron chi connectivity index (χ2n) is 5.74. The molecule has 2 aromatic heterocycles. The van der Waals surface area contributed by atoms with Gasteiger partial charge in [-0.3, -0.25) is 0 Å². The molecular formula is C19H20ClN3S. The quantitative estimate of drug-likeness (QED) is 0.464. The van der Waals surface area contributed by atoms with Crippen LogP contribution in [0.4, 0.5) is 5.82 Å². The molecule has 1 N–H and O–H groups in total. The number of thiophene rings is 1. The zero-order valence-electron chi connectivity index (χ0n) is 14.1. The molecule has 0 aliphatic heterocycles. The largest absolute Gasteiger partial charge is 0.366 e. The lowest BCUT2D eigenvalue weighted by Gasteiger charge is -2.10. The van der Waals surface area contributed by atoms with Gasteiger partial charge in [0.15, 0.2) is 0 Å². The fraction of sp³-hybridized carbons (Fsp3) is 0.263. The Morgan fingerprint density at radius 1 is 1.25 bits per heavy atom. The van der Waals surface area contributed by atoms with E-state index in [-0.39, 0.29) is 5.28 Å². The van der Waals surface area contributed by atoms with Crippen LogP contribution in [0.15, 0.2) is 30.9 Å². The first-order chi connectivity index (χ1) is 11.5. The van der Waals surface area contributed by atoms with Crippen LogP contribution in [0.25, 0.3) is 21.3 Å². The molecule has 0 radical (unpaired) electrons. The number of aromatic nitrogens is 2. The van der Waals surface area contributed by atoms with E-state index in [0.29, 0.717) is 6.54 Å². The fourth-order valence-corrected chi connectivity index (χ4v) is 4.12. The summed E-state index contributed by atoms with van der Waals surface area (Å²) in [6, 6.07) is 6.58. The van der Waals surface area contributed by atoms with Gasteiger partial charge in [0.05, 0.1) is 5.39 Å². The van der Waals surface area contributed by atoms with E-state index in [2.05, 4.69) is 60.8 Å². The van der Waals surface area contributed by atoms with Gasteiger partial charge >= 0.3 is 0 Å². The Labute approximate surface area is 151 Å². The van der Waals surface area contributed by atoms with Crippen LogP contribution in [-0.4, -0.2) is 16.5 Å². The molecule has 1 aromatic carbocycles. The van der Waals surface area contributed by atoms with Crippen molar-refractivity contribution in [3.63, 3.8) is 0 Å². The van der Waals surface area contributed by atoms with Crippen LogP contribution in [-0.2, 0) is 6.42 Å². The number of fused-ring (bicyclic) bond motifs is 1. The Balaban J connectivity index is 2.31. The first kappa shape index (κ1) is 16.9. The standard InChI is InChI=1S/C19H20ClN3S/c1-5-9-21-17-16-15(13-8-7-11(3)12(4)10-13)14(6-2)24-18(16)23-19(20)22-17/h5,7-8,10H,1,6,9H2,2-4H3,(H,21,22,23). The fourth-order valence-electron chi connectivity index (χ4n) is 2.77. The maximum Gasteiger partial charge on any atom is 0.225 e. The summed E-state index contributed by atoms with van der Waals surface area (Å²) in [4.78, 5) is 11.1. The monoisotopic (exact) mass is 357 g/mol. The molecule has 0 saturated heterocycles. The number of nitrogens with zero attached hydrogens (tertiary/aromatic N) is 2. The number of rotatable bonds is 5. The van der Waals surface area contributed by atoms with Crippen LogP contribution in [0.2, 0.25) is 5.28 Å². The van der Waals surface area contributed by atoms with Gasteiger partial charge in [0.1, 0.15) is 10.6 Å². The first-order valence-electron chi connectivity index (χ1n) is 7.96. The number of hydrogen-bond donors (Lipinski definition) is 1. The predicted molar refractivity (Wildman–Crippen MR) is 105 cm³/mol. The number of aryl methyl sites for hydroxylation is 3. The van der Waals surface area contributed by atoms with Gasteiger partial charge in [0.25, 0.3) is 0 Å². The zero-order valence-corrected chi connectivity index (χ0v) is 15.7. The van der Waals surface area contributed by atoms with E-state index in [1.54, 1.807) is 11.3 Å². The molecule has 5 heteroatoms. The smallest absolute Gasteiger partial charge is 0.225 e. The molecule has 3 aromatic rings. The molecule has 0 aliphatic rings.